The van der Waals surface area contributed by atoms with Crippen molar-refractivity contribution in [1.82, 2.24) is 0 Å². The fourth-order valence-corrected chi connectivity index (χ4v) is 20.0. The van der Waals surface area contributed by atoms with Gasteiger partial charge in [0.25, 0.3) is 0 Å². The molecular weight excluding hydrogens is 395 g/mol. The van der Waals surface area contributed by atoms with Crippen LogP contribution in [0.5, 0.6) is 0 Å². The Morgan fingerprint density at radius 1 is 0.833 bits per heavy atom. The summed E-state index contributed by atoms with van der Waals surface area (Å²) in [5, 5.41) is 0. The van der Waals surface area contributed by atoms with E-state index in [1.165, 1.54) is 19.3 Å². The van der Waals surface area contributed by atoms with E-state index in [1.807, 2.05) is 0 Å². The third-order valence-electron chi connectivity index (χ3n) is 6.51. The number of rotatable bonds is 4. The molecule has 0 radical (unpaired) electrons. The van der Waals surface area contributed by atoms with E-state index >= 15 is 0 Å². The molecule has 1 saturated carbocycles. The normalized spacial score (nSPS) is 25.0. The number of benzene rings is 2. The summed E-state index contributed by atoms with van der Waals surface area (Å²) < 4.78 is 4.28. The summed E-state index contributed by atoms with van der Waals surface area (Å²) in [4.78, 5) is 2.71. The van der Waals surface area contributed by atoms with Gasteiger partial charge in [0.1, 0.15) is 0 Å². The summed E-state index contributed by atoms with van der Waals surface area (Å²) >= 11 is -2.72. The molecule has 3 unspecified atom stereocenters. The number of hydrogen-bond donors (Lipinski definition) is 0. The molecule has 1 aliphatic carbocycles. The second-order valence-electron chi connectivity index (χ2n) is 8.37. The Balaban J connectivity index is 2.13. The van der Waals surface area contributed by atoms with E-state index < -0.39 is 18.4 Å². The molecule has 0 aromatic heterocycles. The first-order valence-electron chi connectivity index (χ1n) is 9.64. The Morgan fingerprint density at radius 3 is 1.79 bits per heavy atom. The number of hydrogen-bond acceptors (Lipinski definition) is 0. The summed E-state index contributed by atoms with van der Waals surface area (Å²) in [6.07, 6.45) is 4.28. The molecule has 1 heteroatoms. The molecular formula is C23H32Sn. The zero-order valence-corrected chi connectivity index (χ0v) is 18.6. The van der Waals surface area contributed by atoms with E-state index in [9.17, 15) is 0 Å². The Morgan fingerprint density at radius 2 is 1.33 bits per heavy atom. The fourth-order valence-electron chi connectivity index (χ4n) is 5.03. The van der Waals surface area contributed by atoms with Crippen molar-refractivity contribution >= 4 is 25.5 Å². The standard InChI is InChI=1S/C10H19.2C6H5.CH3.Sn/c1-8(2)10-6-4-9(3)5-7-10;2*1-2-4-6-5-3-1;;/h6,8-10H,4-5,7H2,1-3H3;2*1-5H;1H3;. The molecule has 1 fully saturated rings. The van der Waals surface area contributed by atoms with Crippen LogP contribution in [0.3, 0.4) is 0 Å². The van der Waals surface area contributed by atoms with Crippen molar-refractivity contribution < 1.29 is 0 Å². The minimum absolute atomic E-state index is 0.797. The van der Waals surface area contributed by atoms with E-state index in [0.717, 1.165) is 21.7 Å². The maximum absolute atomic E-state index is 2.72. The Bertz CT molecular complexity index is 592. The molecule has 0 N–H and O–H groups in total. The van der Waals surface area contributed by atoms with Crippen molar-refractivity contribution in [3.05, 3.63) is 60.7 Å². The van der Waals surface area contributed by atoms with Crippen LogP contribution in [0.2, 0.25) is 8.87 Å². The summed E-state index contributed by atoms with van der Waals surface area (Å²) in [5.74, 6) is 2.57. The summed E-state index contributed by atoms with van der Waals surface area (Å²) in [6.45, 7) is 7.39. The average molecular weight is 427 g/mol. The zero-order valence-electron chi connectivity index (χ0n) is 15.7. The molecule has 1 aliphatic rings. The summed E-state index contributed by atoms with van der Waals surface area (Å²) in [5.41, 5.74) is 0. The van der Waals surface area contributed by atoms with Crippen molar-refractivity contribution in [3.8, 4) is 0 Å². The molecule has 0 saturated heterocycles. The Kier molecular flexibility index (Phi) is 5.74. The molecule has 2 aromatic carbocycles. The van der Waals surface area contributed by atoms with Gasteiger partial charge in [0.15, 0.2) is 0 Å². The molecule has 0 amide bonds. The molecule has 128 valence electrons. The molecule has 3 atom stereocenters. The van der Waals surface area contributed by atoms with Crippen molar-refractivity contribution in [3.63, 3.8) is 0 Å². The van der Waals surface area contributed by atoms with Crippen LogP contribution < -0.4 is 7.16 Å². The van der Waals surface area contributed by atoms with Gasteiger partial charge in [-0.1, -0.05) is 0 Å². The minimum atomic E-state index is -2.72. The topological polar surface area (TPSA) is 0 Å². The van der Waals surface area contributed by atoms with Gasteiger partial charge < -0.3 is 0 Å². The second-order valence-corrected chi connectivity index (χ2v) is 20.6. The molecule has 24 heavy (non-hydrogen) atoms. The molecule has 0 nitrogen and oxygen atoms in total. The van der Waals surface area contributed by atoms with Gasteiger partial charge in [0, 0.05) is 0 Å². The fraction of sp³-hybridized carbons (Fsp3) is 0.478. The van der Waals surface area contributed by atoms with E-state index in [4.69, 9.17) is 0 Å². The van der Waals surface area contributed by atoms with Crippen molar-refractivity contribution in [1.29, 1.82) is 0 Å². The Hall–Kier alpha value is -0.761. The van der Waals surface area contributed by atoms with Gasteiger partial charge in [-0.25, -0.2) is 0 Å². The van der Waals surface area contributed by atoms with Gasteiger partial charge in [-0.15, -0.1) is 0 Å². The van der Waals surface area contributed by atoms with Gasteiger partial charge in [-0.2, -0.15) is 0 Å². The van der Waals surface area contributed by atoms with Gasteiger partial charge in [-0.3, -0.25) is 0 Å². The first-order valence-corrected chi connectivity index (χ1v) is 17.0. The quantitative estimate of drug-likeness (QED) is 0.578. The molecule has 0 aliphatic heterocycles. The zero-order chi connectivity index (χ0) is 17.2. The van der Waals surface area contributed by atoms with Crippen LogP contribution in [0.25, 0.3) is 0 Å². The summed E-state index contributed by atoms with van der Waals surface area (Å²) in [7, 11) is 0. The molecule has 3 rings (SSSR count). The predicted octanol–water partition coefficient (Wildman–Crippen LogP) is 5.34. The van der Waals surface area contributed by atoms with Crippen LogP contribution in [-0.2, 0) is 0 Å². The first-order chi connectivity index (χ1) is 11.5. The van der Waals surface area contributed by atoms with E-state index in [1.54, 1.807) is 7.16 Å². The van der Waals surface area contributed by atoms with Crippen LogP contribution in [0.4, 0.5) is 0 Å². The molecule has 0 bridgehead atoms. The van der Waals surface area contributed by atoms with Crippen LogP contribution in [0.15, 0.2) is 60.7 Å². The SMILES string of the molecule is CC1CCC(C(C)C)[CH]([Sn]([CH3])([c]2ccccc2)[c]2ccccc2)C1. The Labute approximate surface area is 152 Å². The van der Waals surface area contributed by atoms with Gasteiger partial charge in [0.05, 0.1) is 0 Å². The monoisotopic (exact) mass is 428 g/mol. The van der Waals surface area contributed by atoms with Crippen LogP contribution in [0, 0.1) is 17.8 Å². The molecule has 0 heterocycles. The van der Waals surface area contributed by atoms with Crippen molar-refractivity contribution in [2.75, 3.05) is 0 Å². The van der Waals surface area contributed by atoms with Gasteiger partial charge in [0.2, 0.25) is 0 Å². The van der Waals surface area contributed by atoms with Crippen LogP contribution in [0.1, 0.15) is 40.0 Å². The second kappa shape index (κ2) is 7.64. The predicted molar refractivity (Wildman–Crippen MR) is 109 cm³/mol. The van der Waals surface area contributed by atoms with Gasteiger partial charge >= 0.3 is 153 Å². The van der Waals surface area contributed by atoms with Crippen molar-refractivity contribution in [2.24, 2.45) is 17.8 Å². The third kappa shape index (κ3) is 3.45. The van der Waals surface area contributed by atoms with Crippen LogP contribution in [-0.4, -0.2) is 18.4 Å². The maximum atomic E-state index is 2.71. The average Bonchev–Trinajstić information content (AvgIpc) is 2.62. The molecule has 0 spiro atoms. The van der Waals surface area contributed by atoms with E-state index in [0.29, 0.717) is 0 Å². The third-order valence-corrected chi connectivity index (χ3v) is 21.4. The van der Waals surface area contributed by atoms with E-state index in [2.05, 4.69) is 86.4 Å². The first kappa shape index (κ1) is 18.0. The van der Waals surface area contributed by atoms with E-state index in [-0.39, 0.29) is 0 Å². The van der Waals surface area contributed by atoms with Gasteiger partial charge in [-0.05, 0) is 0 Å². The summed E-state index contributed by atoms with van der Waals surface area (Å²) in [6, 6.07) is 23.1. The van der Waals surface area contributed by atoms with Crippen LogP contribution >= 0.6 is 0 Å². The molecule has 2 aromatic rings. The van der Waals surface area contributed by atoms with Crippen molar-refractivity contribution in [2.45, 2.75) is 48.9 Å².